The SMILES string of the molecule is C=CCO[C@@]12Oc3ccc(OCCN4CC4)cc3[C@H]3[C@H](CCCCO)[C@@H](CCCCO)C=C(C(=NOCC)C[C@@H]1N(CCC)C(=O)c1ccc(C#N)cc1)[C@H]32. The van der Waals surface area contributed by atoms with Crippen molar-refractivity contribution in [2.75, 3.05) is 59.2 Å². The van der Waals surface area contributed by atoms with E-state index in [2.05, 4.69) is 36.6 Å². The predicted molar refractivity (Wildman–Crippen MR) is 211 cm³/mol. The Labute approximate surface area is 326 Å². The fourth-order valence-electron chi connectivity index (χ4n) is 8.96. The zero-order valence-corrected chi connectivity index (χ0v) is 32.5. The van der Waals surface area contributed by atoms with E-state index in [1.54, 1.807) is 30.3 Å². The number of unbranched alkanes of at least 4 members (excludes halogenated alkanes) is 2. The number of nitriles is 1. The third-order valence-electron chi connectivity index (χ3n) is 11.5. The van der Waals surface area contributed by atoms with E-state index in [9.17, 15) is 20.3 Å². The second-order valence-electron chi connectivity index (χ2n) is 15.1. The largest absolute Gasteiger partial charge is 0.492 e. The first kappa shape index (κ1) is 40.5. The maximum atomic E-state index is 14.7. The molecule has 2 aliphatic heterocycles. The summed E-state index contributed by atoms with van der Waals surface area (Å²) in [5, 5.41) is 33.9. The molecule has 2 N–H and O–H groups in total. The fraction of sp³-hybridized carbons (Fsp3) is 0.568. The molecule has 2 aliphatic carbocycles. The van der Waals surface area contributed by atoms with E-state index >= 15 is 0 Å². The number of rotatable bonds is 21. The summed E-state index contributed by atoms with van der Waals surface area (Å²) in [6.45, 7) is 12.9. The van der Waals surface area contributed by atoms with E-state index in [1.165, 1.54) is 0 Å². The number of ether oxygens (including phenoxy) is 3. The molecular formula is C44H58N4O7. The summed E-state index contributed by atoms with van der Waals surface area (Å²) in [4.78, 5) is 24.8. The quantitative estimate of drug-likeness (QED) is 0.0637. The Kier molecular flexibility index (Phi) is 14.0. The first-order valence-corrected chi connectivity index (χ1v) is 20.3. The van der Waals surface area contributed by atoms with Crippen LogP contribution in [-0.2, 0) is 9.57 Å². The van der Waals surface area contributed by atoms with Crippen LogP contribution in [0.2, 0.25) is 0 Å². The number of carbonyl (C=O) groups is 1. The molecule has 2 heterocycles. The average molecular weight is 755 g/mol. The van der Waals surface area contributed by atoms with E-state index in [0.29, 0.717) is 62.3 Å². The highest BCUT2D eigenvalue weighted by molar-refractivity contribution is 6.03. The molecule has 1 saturated carbocycles. The van der Waals surface area contributed by atoms with Gasteiger partial charge in [0.05, 0.1) is 29.9 Å². The molecule has 6 atom stereocenters. The number of amides is 1. The lowest BCUT2D eigenvalue weighted by atomic mass is 9.55. The first-order valence-electron chi connectivity index (χ1n) is 20.3. The van der Waals surface area contributed by atoms with Gasteiger partial charge in [-0.05, 0) is 98.9 Å². The molecule has 0 aromatic heterocycles. The molecule has 1 saturated heterocycles. The molecule has 55 heavy (non-hydrogen) atoms. The maximum Gasteiger partial charge on any atom is 0.254 e. The molecule has 2 fully saturated rings. The molecule has 11 heteroatoms. The Morgan fingerprint density at radius 1 is 1.11 bits per heavy atom. The normalized spacial score (nSPS) is 25.8. The highest BCUT2D eigenvalue weighted by Gasteiger charge is 2.65. The molecule has 2 aromatic carbocycles. The van der Waals surface area contributed by atoms with Gasteiger partial charge in [-0.2, -0.15) is 5.26 Å². The van der Waals surface area contributed by atoms with E-state index in [0.717, 1.165) is 67.9 Å². The zero-order valence-electron chi connectivity index (χ0n) is 32.5. The van der Waals surface area contributed by atoms with Gasteiger partial charge < -0.3 is 34.2 Å². The predicted octanol–water partition coefficient (Wildman–Crippen LogP) is 6.46. The van der Waals surface area contributed by atoms with Gasteiger partial charge in [-0.15, -0.1) is 6.58 Å². The molecule has 2 aromatic rings. The fourth-order valence-corrected chi connectivity index (χ4v) is 8.96. The van der Waals surface area contributed by atoms with Crippen LogP contribution in [0, 0.1) is 29.1 Å². The van der Waals surface area contributed by atoms with Gasteiger partial charge in [0.2, 0.25) is 5.79 Å². The van der Waals surface area contributed by atoms with Gasteiger partial charge in [-0.3, -0.25) is 9.69 Å². The summed E-state index contributed by atoms with van der Waals surface area (Å²) >= 11 is 0. The smallest absolute Gasteiger partial charge is 0.254 e. The van der Waals surface area contributed by atoms with Gasteiger partial charge in [0.25, 0.3) is 5.91 Å². The first-order chi connectivity index (χ1) is 26.9. The molecule has 4 aliphatic rings. The van der Waals surface area contributed by atoms with Gasteiger partial charge in [0.1, 0.15) is 30.8 Å². The lowest BCUT2D eigenvalue weighted by molar-refractivity contribution is -0.254. The van der Waals surface area contributed by atoms with Gasteiger partial charge in [-0.25, -0.2) is 0 Å². The number of aliphatic hydroxyl groups excluding tert-OH is 2. The molecule has 0 bridgehead atoms. The van der Waals surface area contributed by atoms with Crippen LogP contribution in [0.15, 0.2) is 71.9 Å². The van der Waals surface area contributed by atoms with Crippen molar-refractivity contribution in [3.05, 3.63) is 83.5 Å². The topological polar surface area (TPSA) is 137 Å². The highest BCUT2D eigenvalue weighted by Crippen LogP contribution is 2.62. The van der Waals surface area contributed by atoms with Crippen LogP contribution in [0.25, 0.3) is 0 Å². The minimum atomic E-state index is -1.33. The van der Waals surface area contributed by atoms with Crippen LogP contribution < -0.4 is 9.47 Å². The Balaban J connectivity index is 1.55. The summed E-state index contributed by atoms with van der Waals surface area (Å²) in [5.74, 6) is -0.257. The summed E-state index contributed by atoms with van der Waals surface area (Å²) in [5.41, 5.74) is 3.77. The number of oxime groups is 1. The van der Waals surface area contributed by atoms with Crippen molar-refractivity contribution >= 4 is 11.6 Å². The Morgan fingerprint density at radius 2 is 1.87 bits per heavy atom. The molecule has 0 spiro atoms. The minimum absolute atomic E-state index is 0.120. The lowest BCUT2D eigenvalue weighted by Crippen LogP contribution is -2.70. The average Bonchev–Trinajstić information content (AvgIpc) is 4.04. The molecule has 296 valence electrons. The van der Waals surface area contributed by atoms with Crippen LogP contribution in [0.4, 0.5) is 0 Å². The van der Waals surface area contributed by atoms with Crippen molar-refractivity contribution in [2.45, 2.75) is 83.0 Å². The highest BCUT2D eigenvalue weighted by atomic mass is 16.7. The molecule has 1 amide bonds. The van der Waals surface area contributed by atoms with Gasteiger partial charge in [0, 0.05) is 62.9 Å². The number of benzene rings is 2. The Morgan fingerprint density at radius 3 is 2.55 bits per heavy atom. The van der Waals surface area contributed by atoms with Crippen molar-refractivity contribution in [2.24, 2.45) is 22.9 Å². The molecular weight excluding hydrogens is 697 g/mol. The Bertz CT molecular complexity index is 1720. The monoisotopic (exact) mass is 754 g/mol. The van der Waals surface area contributed by atoms with E-state index in [1.807, 2.05) is 24.0 Å². The van der Waals surface area contributed by atoms with Gasteiger partial charge >= 0.3 is 0 Å². The number of hydrogen-bond acceptors (Lipinski definition) is 10. The number of carbonyl (C=O) groups excluding carboxylic acids is 1. The molecule has 6 rings (SSSR count). The second kappa shape index (κ2) is 19.1. The molecule has 0 radical (unpaired) electrons. The summed E-state index contributed by atoms with van der Waals surface area (Å²) in [7, 11) is 0. The van der Waals surface area contributed by atoms with Crippen LogP contribution in [0.1, 0.15) is 92.6 Å². The third-order valence-corrected chi connectivity index (χ3v) is 11.5. The van der Waals surface area contributed by atoms with Crippen LogP contribution in [0.3, 0.4) is 0 Å². The summed E-state index contributed by atoms with van der Waals surface area (Å²) < 4.78 is 20.7. The van der Waals surface area contributed by atoms with Crippen LogP contribution >= 0.6 is 0 Å². The van der Waals surface area contributed by atoms with E-state index < -0.39 is 11.8 Å². The standard InChI is InChI=1S/C44H58N4O7/c1-4-19-48(43(51)32-15-13-31(30-45)14-16-32)40-29-38(46-54-6-3)36-27-33(11-7-9-23-49)35(12-8-10-24-50)41-37-28-34(52-26-22-47-20-21-47)17-18-39(37)55-44(40,42(36)41)53-25-5-2/h5,13-18,27-28,33,35,40-42,49-50H,2,4,6-12,19-26,29H2,1,3H3/t33-,35+,40-,41+,42+,44+/m0/s1. The lowest BCUT2D eigenvalue weighted by Gasteiger charge is -2.60. The summed E-state index contributed by atoms with van der Waals surface area (Å²) in [6.07, 6.45) is 9.96. The number of fused-ring (bicyclic) bond motifs is 2. The molecule has 11 nitrogen and oxygen atoms in total. The van der Waals surface area contributed by atoms with Crippen LogP contribution in [-0.4, -0.2) is 103 Å². The molecule has 0 unspecified atom stereocenters. The minimum Gasteiger partial charge on any atom is -0.492 e. The third kappa shape index (κ3) is 8.94. The zero-order chi connectivity index (χ0) is 38.8. The maximum absolute atomic E-state index is 14.7. The van der Waals surface area contributed by atoms with Gasteiger partial charge in [-0.1, -0.05) is 37.1 Å². The van der Waals surface area contributed by atoms with Crippen molar-refractivity contribution < 1.29 is 34.1 Å². The summed E-state index contributed by atoms with van der Waals surface area (Å²) in [6, 6.07) is 14.4. The second-order valence-corrected chi connectivity index (χ2v) is 15.1. The van der Waals surface area contributed by atoms with E-state index in [4.69, 9.17) is 24.2 Å². The van der Waals surface area contributed by atoms with Crippen molar-refractivity contribution in [3.63, 3.8) is 0 Å². The number of hydrogen-bond donors (Lipinski definition) is 2. The van der Waals surface area contributed by atoms with Crippen LogP contribution in [0.5, 0.6) is 11.5 Å². The number of allylic oxidation sites excluding steroid dienone is 1. The Hall–Kier alpha value is -4.21. The van der Waals surface area contributed by atoms with E-state index in [-0.39, 0.29) is 49.4 Å². The number of aliphatic hydroxyl groups is 2. The van der Waals surface area contributed by atoms with Crippen molar-refractivity contribution in [3.8, 4) is 17.6 Å². The number of nitrogens with zero attached hydrogens (tertiary/aromatic N) is 4. The van der Waals surface area contributed by atoms with Gasteiger partial charge in [0.15, 0.2) is 0 Å². The van der Waals surface area contributed by atoms with Crippen molar-refractivity contribution in [1.29, 1.82) is 5.26 Å². The van der Waals surface area contributed by atoms with Crippen molar-refractivity contribution in [1.82, 2.24) is 9.80 Å².